The first-order chi connectivity index (χ1) is 9.25. The molecule has 3 rings (SSSR count). The lowest BCUT2D eigenvalue weighted by atomic mass is 9.81. The number of halogens is 1. The molecule has 2 unspecified atom stereocenters. The number of fused-ring (bicyclic) bond motifs is 1. The van der Waals surface area contributed by atoms with Gasteiger partial charge in [0.1, 0.15) is 5.82 Å². The Labute approximate surface area is 113 Å². The van der Waals surface area contributed by atoms with Gasteiger partial charge in [-0.25, -0.2) is 4.39 Å². The molecule has 19 heavy (non-hydrogen) atoms. The summed E-state index contributed by atoms with van der Waals surface area (Å²) in [6.07, 6.45) is 2.19. The van der Waals surface area contributed by atoms with Gasteiger partial charge in [0, 0.05) is 0 Å². The highest BCUT2D eigenvalue weighted by Gasteiger charge is 2.24. The second kappa shape index (κ2) is 5.04. The lowest BCUT2D eigenvalue weighted by Crippen LogP contribution is -2.19. The van der Waals surface area contributed by atoms with Crippen LogP contribution >= 0.6 is 0 Å². The number of anilines is 1. The van der Waals surface area contributed by atoms with Crippen LogP contribution in [0.3, 0.4) is 0 Å². The summed E-state index contributed by atoms with van der Waals surface area (Å²) in [6.45, 7) is 2.26. The number of nitrogens with one attached hydrogen (secondary N) is 1. The van der Waals surface area contributed by atoms with E-state index in [1.807, 2.05) is 6.07 Å². The molecule has 0 heterocycles. The van der Waals surface area contributed by atoms with Crippen molar-refractivity contribution < 1.29 is 4.39 Å². The van der Waals surface area contributed by atoms with Crippen LogP contribution in [0.25, 0.3) is 0 Å². The Morgan fingerprint density at radius 3 is 2.42 bits per heavy atom. The highest BCUT2D eigenvalue weighted by Crippen LogP contribution is 2.38. The van der Waals surface area contributed by atoms with Crippen molar-refractivity contribution in [3.8, 4) is 0 Å². The Balaban J connectivity index is 1.91. The molecule has 0 amide bonds. The maximum Gasteiger partial charge on any atom is 0.146 e. The van der Waals surface area contributed by atoms with Gasteiger partial charge in [-0.15, -0.1) is 0 Å². The molecule has 0 bridgehead atoms. The minimum absolute atomic E-state index is 0.182. The molecule has 2 heteroatoms. The molecule has 1 nitrogen and oxygen atoms in total. The topological polar surface area (TPSA) is 12.0 Å². The Morgan fingerprint density at radius 1 is 0.947 bits per heavy atom. The van der Waals surface area contributed by atoms with Crippen molar-refractivity contribution in [1.29, 1.82) is 0 Å². The molecule has 1 N–H and O–H groups in total. The Morgan fingerprint density at radius 2 is 1.63 bits per heavy atom. The molecule has 98 valence electrons. The summed E-state index contributed by atoms with van der Waals surface area (Å²) in [5.41, 5.74) is 3.30. The summed E-state index contributed by atoms with van der Waals surface area (Å²) < 4.78 is 13.7. The second-order valence-electron chi connectivity index (χ2n) is 5.28. The van der Waals surface area contributed by atoms with Crippen LogP contribution in [0.4, 0.5) is 10.1 Å². The van der Waals surface area contributed by atoms with Crippen LogP contribution < -0.4 is 5.32 Å². The van der Waals surface area contributed by atoms with Gasteiger partial charge in [0.05, 0.1) is 11.7 Å². The van der Waals surface area contributed by atoms with E-state index in [0.717, 1.165) is 12.8 Å². The normalized spacial score (nSPS) is 21.8. The largest absolute Gasteiger partial charge is 0.376 e. The smallest absolute Gasteiger partial charge is 0.146 e. The SMILES string of the molecule is CC1CCC(Nc2ccccc2F)c2ccccc21. The van der Waals surface area contributed by atoms with Crippen molar-refractivity contribution in [3.63, 3.8) is 0 Å². The number of rotatable bonds is 2. The third-order valence-corrected chi connectivity index (χ3v) is 3.99. The van der Waals surface area contributed by atoms with E-state index in [2.05, 4.69) is 36.5 Å². The highest BCUT2D eigenvalue weighted by molar-refractivity contribution is 5.48. The van der Waals surface area contributed by atoms with E-state index in [4.69, 9.17) is 0 Å². The predicted molar refractivity (Wildman–Crippen MR) is 76.9 cm³/mol. The molecule has 1 aliphatic carbocycles. The average molecular weight is 255 g/mol. The minimum Gasteiger partial charge on any atom is -0.376 e. The first-order valence-electron chi connectivity index (χ1n) is 6.85. The van der Waals surface area contributed by atoms with E-state index in [9.17, 15) is 4.39 Å². The number of benzene rings is 2. The van der Waals surface area contributed by atoms with E-state index in [1.54, 1.807) is 12.1 Å². The van der Waals surface area contributed by atoms with Gasteiger partial charge >= 0.3 is 0 Å². The maximum atomic E-state index is 13.7. The number of para-hydroxylation sites is 1. The van der Waals surface area contributed by atoms with E-state index in [-0.39, 0.29) is 11.9 Å². The standard InChI is InChI=1S/C17H18FN/c1-12-10-11-16(14-7-3-2-6-13(12)14)19-17-9-5-4-8-15(17)18/h2-9,12,16,19H,10-11H2,1H3. The first-order valence-corrected chi connectivity index (χ1v) is 6.85. The molecule has 0 saturated carbocycles. The van der Waals surface area contributed by atoms with Crippen molar-refractivity contribution in [2.75, 3.05) is 5.32 Å². The fraction of sp³-hybridized carbons (Fsp3) is 0.294. The van der Waals surface area contributed by atoms with Crippen LogP contribution in [0, 0.1) is 5.82 Å². The van der Waals surface area contributed by atoms with E-state index in [1.165, 1.54) is 17.2 Å². The summed E-state index contributed by atoms with van der Waals surface area (Å²) in [5, 5.41) is 3.35. The molecule has 0 radical (unpaired) electrons. The van der Waals surface area contributed by atoms with Gasteiger partial charge in [0.15, 0.2) is 0 Å². The van der Waals surface area contributed by atoms with Crippen LogP contribution in [0.1, 0.15) is 42.9 Å². The first kappa shape index (κ1) is 12.2. The molecule has 0 aromatic heterocycles. The third kappa shape index (κ3) is 2.35. The number of hydrogen-bond acceptors (Lipinski definition) is 1. The van der Waals surface area contributed by atoms with Crippen LogP contribution in [0.2, 0.25) is 0 Å². The Kier molecular flexibility index (Phi) is 3.24. The highest BCUT2D eigenvalue weighted by atomic mass is 19.1. The van der Waals surface area contributed by atoms with E-state index < -0.39 is 0 Å². The summed E-state index contributed by atoms with van der Waals surface area (Å²) >= 11 is 0. The van der Waals surface area contributed by atoms with Crippen LogP contribution in [-0.4, -0.2) is 0 Å². The zero-order valence-electron chi connectivity index (χ0n) is 11.1. The minimum atomic E-state index is -0.182. The molecule has 0 saturated heterocycles. The molecule has 0 fully saturated rings. The van der Waals surface area contributed by atoms with Crippen molar-refractivity contribution in [2.45, 2.75) is 31.7 Å². The number of hydrogen-bond donors (Lipinski definition) is 1. The molecular weight excluding hydrogens is 237 g/mol. The Hall–Kier alpha value is -1.83. The van der Waals surface area contributed by atoms with Gasteiger partial charge in [0.2, 0.25) is 0 Å². The molecule has 0 aliphatic heterocycles. The molecule has 2 atom stereocenters. The fourth-order valence-electron chi connectivity index (χ4n) is 2.92. The molecule has 0 spiro atoms. The Bertz CT molecular complexity index is 579. The molecule has 2 aromatic carbocycles. The summed E-state index contributed by atoms with van der Waals surface area (Å²) in [4.78, 5) is 0. The van der Waals surface area contributed by atoms with Crippen LogP contribution in [0.5, 0.6) is 0 Å². The van der Waals surface area contributed by atoms with Crippen LogP contribution in [0.15, 0.2) is 48.5 Å². The summed E-state index contributed by atoms with van der Waals surface area (Å²) in [5.74, 6) is 0.411. The lowest BCUT2D eigenvalue weighted by Gasteiger charge is -2.31. The summed E-state index contributed by atoms with van der Waals surface area (Å²) in [6, 6.07) is 15.6. The molecule has 1 aliphatic rings. The van der Waals surface area contributed by atoms with Gasteiger partial charge in [0.25, 0.3) is 0 Å². The quantitative estimate of drug-likeness (QED) is 0.806. The van der Waals surface area contributed by atoms with E-state index in [0.29, 0.717) is 11.6 Å². The van der Waals surface area contributed by atoms with Gasteiger partial charge in [-0.1, -0.05) is 43.3 Å². The zero-order valence-corrected chi connectivity index (χ0v) is 11.1. The van der Waals surface area contributed by atoms with Gasteiger partial charge in [-0.2, -0.15) is 0 Å². The zero-order chi connectivity index (χ0) is 13.2. The van der Waals surface area contributed by atoms with Gasteiger partial charge in [-0.3, -0.25) is 0 Å². The molecule has 2 aromatic rings. The predicted octanol–water partition coefficient (Wildman–Crippen LogP) is 4.88. The summed E-state index contributed by atoms with van der Waals surface area (Å²) in [7, 11) is 0. The van der Waals surface area contributed by atoms with Gasteiger partial charge in [-0.05, 0) is 42.0 Å². The fourth-order valence-corrected chi connectivity index (χ4v) is 2.92. The van der Waals surface area contributed by atoms with Crippen molar-refractivity contribution in [1.82, 2.24) is 0 Å². The molecular formula is C17H18FN. The lowest BCUT2D eigenvalue weighted by molar-refractivity contribution is 0.531. The second-order valence-corrected chi connectivity index (χ2v) is 5.28. The van der Waals surface area contributed by atoms with Gasteiger partial charge < -0.3 is 5.32 Å². The van der Waals surface area contributed by atoms with Crippen LogP contribution in [-0.2, 0) is 0 Å². The van der Waals surface area contributed by atoms with Crippen molar-refractivity contribution in [2.24, 2.45) is 0 Å². The van der Waals surface area contributed by atoms with Crippen molar-refractivity contribution in [3.05, 3.63) is 65.5 Å². The van der Waals surface area contributed by atoms with E-state index >= 15 is 0 Å². The monoisotopic (exact) mass is 255 g/mol. The average Bonchev–Trinajstić information content (AvgIpc) is 2.44. The van der Waals surface area contributed by atoms with Crippen molar-refractivity contribution >= 4 is 5.69 Å². The third-order valence-electron chi connectivity index (χ3n) is 3.99. The maximum absolute atomic E-state index is 13.7.